The molecule has 4 aromatic carbocycles. The van der Waals surface area contributed by atoms with Gasteiger partial charge in [0.05, 0.1) is 16.8 Å². The summed E-state index contributed by atoms with van der Waals surface area (Å²) in [6.45, 7) is -0.664. The van der Waals surface area contributed by atoms with Crippen LogP contribution in [-0.4, -0.2) is 39.6 Å². The van der Waals surface area contributed by atoms with E-state index in [0.717, 1.165) is 4.31 Å². The van der Waals surface area contributed by atoms with Crippen LogP contribution in [-0.2, 0) is 19.6 Å². The average molecular weight is 577 g/mol. The molecule has 0 radical (unpaired) electrons. The van der Waals surface area contributed by atoms with Crippen molar-refractivity contribution in [2.45, 2.75) is 4.90 Å². The van der Waals surface area contributed by atoms with E-state index < -0.39 is 22.5 Å². The first-order valence-electron chi connectivity index (χ1n) is 12.0. The Morgan fingerprint density at radius 2 is 1.45 bits per heavy atom. The van der Waals surface area contributed by atoms with Gasteiger partial charge in [0.1, 0.15) is 12.3 Å². The van der Waals surface area contributed by atoms with Crippen molar-refractivity contribution in [1.82, 2.24) is 5.43 Å². The molecule has 0 saturated heterocycles. The number of hydrogen-bond acceptors (Lipinski definition) is 6. The quantitative estimate of drug-likeness (QED) is 0.198. The molecule has 0 unspecified atom stereocenters. The van der Waals surface area contributed by atoms with E-state index in [1.165, 1.54) is 30.5 Å². The van der Waals surface area contributed by atoms with Crippen LogP contribution in [0, 0.1) is 0 Å². The fourth-order valence-corrected chi connectivity index (χ4v) is 5.07. The second kappa shape index (κ2) is 13.4. The van der Waals surface area contributed by atoms with Crippen LogP contribution < -0.4 is 19.8 Å². The first-order valence-corrected chi connectivity index (χ1v) is 13.9. The molecule has 40 heavy (non-hydrogen) atoms. The summed E-state index contributed by atoms with van der Waals surface area (Å²) >= 11 is 5.96. The highest BCUT2D eigenvalue weighted by Crippen LogP contribution is 2.25. The van der Waals surface area contributed by atoms with E-state index in [4.69, 9.17) is 16.3 Å². The molecular weight excluding hydrogens is 552 g/mol. The number of carbonyl (C=O) groups is 2. The Morgan fingerprint density at radius 1 is 0.825 bits per heavy atom. The molecule has 0 aliphatic carbocycles. The van der Waals surface area contributed by atoms with Gasteiger partial charge in [-0.2, -0.15) is 5.10 Å². The fraction of sp³-hybridized carbons (Fsp3) is 0.0690. The zero-order valence-electron chi connectivity index (χ0n) is 21.1. The van der Waals surface area contributed by atoms with Crippen LogP contribution >= 0.6 is 11.6 Å². The highest BCUT2D eigenvalue weighted by Gasteiger charge is 2.27. The summed E-state index contributed by atoms with van der Waals surface area (Å²) in [7, 11) is -4.04. The molecule has 0 saturated carbocycles. The highest BCUT2D eigenvalue weighted by molar-refractivity contribution is 7.92. The van der Waals surface area contributed by atoms with Crippen LogP contribution in [0.4, 0.5) is 11.4 Å². The predicted octanol–water partition coefficient (Wildman–Crippen LogP) is 4.70. The van der Waals surface area contributed by atoms with Gasteiger partial charge in [0.2, 0.25) is 0 Å². The summed E-state index contributed by atoms with van der Waals surface area (Å²) in [6, 6.07) is 29.7. The Bertz CT molecular complexity index is 1560. The first-order chi connectivity index (χ1) is 19.3. The molecule has 9 nitrogen and oxygen atoms in total. The smallest absolute Gasteiger partial charge is 0.264 e. The van der Waals surface area contributed by atoms with E-state index >= 15 is 0 Å². The number of rotatable bonds is 11. The number of hydrazone groups is 1. The maximum atomic E-state index is 13.3. The Morgan fingerprint density at radius 3 is 2.10 bits per heavy atom. The summed E-state index contributed by atoms with van der Waals surface area (Å²) in [5.41, 5.74) is 3.96. The van der Waals surface area contributed by atoms with Crippen molar-refractivity contribution in [1.29, 1.82) is 0 Å². The number of nitrogens with one attached hydrogen (secondary N) is 2. The molecule has 204 valence electrons. The molecule has 2 amide bonds. The summed E-state index contributed by atoms with van der Waals surface area (Å²) in [5, 5.41) is 7.10. The Hall–Kier alpha value is -4.67. The summed E-state index contributed by atoms with van der Waals surface area (Å²) in [4.78, 5) is 24.8. The summed E-state index contributed by atoms with van der Waals surface area (Å²) in [6.07, 6.45) is 1.40. The molecule has 0 aliphatic heterocycles. The Labute approximate surface area is 237 Å². The van der Waals surface area contributed by atoms with Gasteiger partial charge in [0, 0.05) is 10.7 Å². The van der Waals surface area contributed by atoms with E-state index in [1.807, 2.05) is 18.2 Å². The molecule has 11 heteroatoms. The van der Waals surface area contributed by atoms with Crippen LogP contribution in [0.15, 0.2) is 119 Å². The van der Waals surface area contributed by atoms with Gasteiger partial charge in [-0.05, 0) is 78.4 Å². The third-order valence-corrected chi connectivity index (χ3v) is 7.48. The molecule has 0 heterocycles. The number of anilines is 2. The fourth-order valence-electron chi connectivity index (χ4n) is 3.50. The van der Waals surface area contributed by atoms with E-state index in [1.54, 1.807) is 66.7 Å². The largest absolute Gasteiger partial charge is 0.484 e. The third-order valence-electron chi connectivity index (χ3n) is 5.44. The van der Waals surface area contributed by atoms with E-state index in [2.05, 4.69) is 15.8 Å². The lowest BCUT2D eigenvalue weighted by atomic mass is 10.2. The van der Waals surface area contributed by atoms with Gasteiger partial charge < -0.3 is 10.1 Å². The lowest BCUT2D eigenvalue weighted by Crippen LogP contribution is -2.39. The zero-order chi connectivity index (χ0) is 28.4. The number of ether oxygens (including phenoxy) is 1. The number of amides is 2. The van der Waals surface area contributed by atoms with Crippen LogP contribution in [0.5, 0.6) is 5.75 Å². The van der Waals surface area contributed by atoms with Gasteiger partial charge in [0.15, 0.2) is 6.61 Å². The zero-order valence-corrected chi connectivity index (χ0v) is 22.7. The standard InChI is InChI=1S/C29H25ClN4O5S/c30-23-13-15-25(16-14-23)34(40(37,38)27-9-5-2-6-10-27)20-28(35)33-31-19-22-11-17-26(18-12-22)39-21-29(36)32-24-7-3-1-4-8-24/h1-19H,20-21H2,(H,32,36)(H,33,35)/b31-19-. The van der Waals surface area contributed by atoms with Crippen molar-refractivity contribution in [2.24, 2.45) is 5.10 Å². The van der Waals surface area contributed by atoms with Gasteiger partial charge in [-0.3, -0.25) is 13.9 Å². The molecule has 0 spiro atoms. The SMILES string of the molecule is O=C(CN(c1ccc(Cl)cc1)S(=O)(=O)c1ccccc1)N/N=C\c1ccc(OCC(=O)Nc2ccccc2)cc1. The number of para-hydroxylation sites is 1. The van der Waals surface area contributed by atoms with Gasteiger partial charge in [-0.1, -0.05) is 48.0 Å². The second-order valence-electron chi connectivity index (χ2n) is 8.37. The minimum atomic E-state index is -4.04. The summed E-state index contributed by atoms with van der Waals surface area (Å²) in [5.74, 6) is -0.453. The number of hydrogen-bond donors (Lipinski definition) is 2. The molecule has 4 aromatic rings. The topological polar surface area (TPSA) is 117 Å². The highest BCUT2D eigenvalue weighted by atomic mass is 35.5. The number of benzene rings is 4. The monoisotopic (exact) mass is 576 g/mol. The second-order valence-corrected chi connectivity index (χ2v) is 10.7. The molecule has 0 fully saturated rings. The molecule has 0 aromatic heterocycles. The van der Waals surface area contributed by atoms with Crippen molar-refractivity contribution in [3.8, 4) is 5.75 Å². The van der Waals surface area contributed by atoms with Crippen LogP contribution in [0.3, 0.4) is 0 Å². The number of carbonyl (C=O) groups excluding carboxylic acids is 2. The van der Waals surface area contributed by atoms with Crippen molar-refractivity contribution in [3.63, 3.8) is 0 Å². The number of nitrogens with zero attached hydrogens (tertiary/aromatic N) is 2. The van der Waals surface area contributed by atoms with Crippen LogP contribution in [0.2, 0.25) is 5.02 Å². The van der Waals surface area contributed by atoms with E-state index in [-0.39, 0.29) is 23.1 Å². The normalized spacial score (nSPS) is 11.1. The number of halogens is 1. The van der Waals surface area contributed by atoms with Crippen LogP contribution in [0.1, 0.15) is 5.56 Å². The van der Waals surface area contributed by atoms with Crippen molar-refractivity contribution < 1.29 is 22.7 Å². The minimum Gasteiger partial charge on any atom is -0.484 e. The van der Waals surface area contributed by atoms with Crippen molar-refractivity contribution in [3.05, 3.63) is 120 Å². The lowest BCUT2D eigenvalue weighted by Gasteiger charge is -2.23. The average Bonchev–Trinajstić information content (AvgIpc) is 2.97. The summed E-state index contributed by atoms with van der Waals surface area (Å²) < 4.78 is 33.1. The number of sulfonamides is 1. The lowest BCUT2D eigenvalue weighted by molar-refractivity contribution is -0.119. The molecule has 4 rings (SSSR count). The molecule has 0 aliphatic rings. The van der Waals surface area contributed by atoms with Gasteiger partial charge in [-0.15, -0.1) is 0 Å². The maximum absolute atomic E-state index is 13.3. The molecule has 0 atom stereocenters. The Balaban J connectivity index is 1.34. The Kier molecular flexibility index (Phi) is 9.50. The van der Waals surface area contributed by atoms with Crippen molar-refractivity contribution >= 4 is 51.0 Å². The third kappa shape index (κ3) is 7.92. The van der Waals surface area contributed by atoms with Gasteiger partial charge in [0.25, 0.3) is 21.8 Å². The maximum Gasteiger partial charge on any atom is 0.264 e. The van der Waals surface area contributed by atoms with E-state index in [9.17, 15) is 18.0 Å². The first kappa shape index (κ1) is 28.3. The van der Waals surface area contributed by atoms with Crippen LogP contribution in [0.25, 0.3) is 0 Å². The minimum absolute atomic E-state index is 0.0427. The van der Waals surface area contributed by atoms with Crippen molar-refractivity contribution in [2.75, 3.05) is 22.8 Å². The van der Waals surface area contributed by atoms with Gasteiger partial charge in [-0.25, -0.2) is 13.8 Å². The molecular formula is C29H25ClN4O5S. The van der Waals surface area contributed by atoms with E-state index in [0.29, 0.717) is 22.0 Å². The van der Waals surface area contributed by atoms with Gasteiger partial charge >= 0.3 is 0 Å². The molecule has 2 N–H and O–H groups in total. The molecule has 0 bridgehead atoms. The predicted molar refractivity (Wildman–Crippen MR) is 155 cm³/mol.